The van der Waals surface area contributed by atoms with Crippen molar-refractivity contribution in [3.63, 3.8) is 0 Å². The van der Waals surface area contributed by atoms with E-state index in [0.29, 0.717) is 0 Å². The van der Waals surface area contributed by atoms with Crippen LogP contribution in [0.25, 0.3) is 22.3 Å². The van der Waals surface area contributed by atoms with Crippen LogP contribution in [0.2, 0.25) is 0 Å². The lowest BCUT2D eigenvalue weighted by atomic mass is 9.99. The standard InChI is InChI=1S/C22H22O13/c1-32-12-3-7(2-10(26)15(12)27)20-21(17(29)14-9(25)4-8(24)5-11(14)33-20)35-22-19(31)18(30)16(28)13(6-23)34-22/h2-5,13,16,18-19,22-28,30-31H,6H2,1H3/t13-,16+,18+,19+,22+/m0/s1. The van der Waals surface area contributed by atoms with Crippen molar-refractivity contribution >= 4 is 11.0 Å². The van der Waals surface area contributed by atoms with Crippen LogP contribution in [0.15, 0.2) is 33.5 Å². The van der Waals surface area contributed by atoms with Gasteiger partial charge in [0.1, 0.15) is 46.9 Å². The third-order valence-corrected chi connectivity index (χ3v) is 5.54. The number of phenols is 4. The third kappa shape index (κ3) is 4.15. The van der Waals surface area contributed by atoms with Crippen molar-refractivity contribution < 1.29 is 59.5 Å². The predicted octanol–water partition coefficient (Wildman–Crippen LogP) is -0.530. The van der Waals surface area contributed by atoms with E-state index in [4.69, 9.17) is 18.6 Å². The van der Waals surface area contributed by atoms with Gasteiger partial charge in [-0.25, -0.2) is 0 Å². The van der Waals surface area contributed by atoms with Crippen LogP contribution in [-0.4, -0.2) is 85.3 Å². The van der Waals surface area contributed by atoms with Gasteiger partial charge in [0.2, 0.25) is 23.2 Å². The molecule has 1 aliphatic rings. The van der Waals surface area contributed by atoms with Crippen LogP contribution in [0, 0.1) is 0 Å². The molecule has 8 N–H and O–H groups in total. The second-order valence-corrected chi connectivity index (χ2v) is 7.79. The van der Waals surface area contributed by atoms with Gasteiger partial charge < -0.3 is 59.5 Å². The summed E-state index contributed by atoms with van der Waals surface area (Å²) in [7, 11) is 1.20. The molecule has 1 aromatic heterocycles. The monoisotopic (exact) mass is 494 g/mol. The van der Waals surface area contributed by atoms with E-state index in [2.05, 4.69) is 0 Å². The van der Waals surface area contributed by atoms with E-state index in [1.165, 1.54) is 13.2 Å². The molecule has 0 spiro atoms. The number of methoxy groups -OCH3 is 1. The molecule has 35 heavy (non-hydrogen) atoms. The van der Waals surface area contributed by atoms with Crippen LogP contribution in [0.5, 0.6) is 34.5 Å². The Morgan fingerprint density at radius 1 is 0.943 bits per heavy atom. The Morgan fingerprint density at radius 3 is 2.31 bits per heavy atom. The average molecular weight is 494 g/mol. The van der Waals surface area contributed by atoms with Gasteiger partial charge in [-0.1, -0.05) is 0 Å². The van der Waals surface area contributed by atoms with Gasteiger partial charge >= 0.3 is 0 Å². The molecule has 188 valence electrons. The van der Waals surface area contributed by atoms with Gasteiger partial charge in [-0.2, -0.15) is 0 Å². The van der Waals surface area contributed by atoms with E-state index in [0.717, 1.165) is 18.2 Å². The zero-order chi connectivity index (χ0) is 25.6. The maximum absolute atomic E-state index is 13.4. The van der Waals surface area contributed by atoms with E-state index in [9.17, 15) is 45.6 Å². The lowest BCUT2D eigenvalue weighted by Crippen LogP contribution is -2.60. The average Bonchev–Trinajstić information content (AvgIpc) is 2.81. The van der Waals surface area contributed by atoms with Gasteiger partial charge in [-0.05, 0) is 12.1 Å². The lowest BCUT2D eigenvalue weighted by Gasteiger charge is -2.39. The SMILES string of the molecule is COc1cc(-c2oc3cc(O)cc(O)c3c(=O)c2O[C@H]2O[C@@H](CO)[C@@H](O)[C@@H](O)[C@H]2O)cc(O)c1O. The fourth-order valence-corrected chi connectivity index (χ4v) is 3.73. The minimum absolute atomic E-state index is 0.0708. The highest BCUT2D eigenvalue weighted by molar-refractivity contribution is 5.88. The molecule has 0 unspecified atom stereocenters. The Labute approximate surface area is 195 Å². The summed E-state index contributed by atoms with van der Waals surface area (Å²) >= 11 is 0. The molecule has 0 bridgehead atoms. The van der Waals surface area contributed by atoms with Crippen molar-refractivity contribution in [2.75, 3.05) is 13.7 Å². The first kappa shape index (κ1) is 24.4. The number of hydrogen-bond acceptors (Lipinski definition) is 13. The van der Waals surface area contributed by atoms with Crippen molar-refractivity contribution in [3.05, 3.63) is 34.5 Å². The molecule has 3 aromatic rings. The van der Waals surface area contributed by atoms with Crippen LogP contribution >= 0.6 is 0 Å². The summed E-state index contributed by atoms with van der Waals surface area (Å²) in [6, 6.07) is 4.10. The van der Waals surface area contributed by atoms with Gasteiger partial charge in [0.05, 0.1) is 13.7 Å². The normalized spacial score (nSPS) is 24.4. The number of ether oxygens (including phenoxy) is 3. The zero-order valence-electron chi connectivity index (χ0n) is 18.0. The first-order valence-electron chi connectivity index (χ1n) is 10.2. The molecule has 4 rings (SSSR count). The smallest absolute Gasteiger partial charge is 0.239 e. The molecule has 0 saturated carbocycles. The van der Waals surface area contributed by atoms with E-state index in [1.54, 1.807) is 0 Å². The molecular weight excluding hydrogens is 472 g/mol. The van der Waals surface area contributed by atoms with Crippen LogP contribution in [0.1, 0.15) is 0 Å². The highest BCUT2D eigenvalue weighted by atomic mass is 16.7. The fourth-order valence-electron chi connectivity index (χ4n) is 3.73. The van der Waals surface area contributed by atoms with Crippen molar-refractivity contribution in [2.45, 2.75) is 30.7 Å². The van der Waals surface area contributed by atoms with E-state index in [1.807, 2.05) is 0 Å². The number of phenolic OH excluding ortho intramolecular Hbond substituents is 4. The lowest BCUT2D eigenvalue weighted by molar-refractivity contribution is -0.277. The number of fused-ring (bicyclic) bond motifs is 1. The minimum Gasteiger partial charge on any atom is -0.508 e. The Kier molecular flexibility index (Phi) is 6.36. The summed E-state index contributed by atoms with van der Waals surface area (Å²) in [5.74, 6) is -3.64. The second-order valence-electron chi connectivity index (χ2n) is 7.79. The molecule has 1 fully saturated rings. The van der Waals surface area contributed by atoms with Gasteiger partial charge in [0.25, 0.3) is 0 Å². The maximum Gasteiger partial charge on any atom is 0.239 e. The molecule has 0 radical (unpaired) electrons. The quantitative estimate of drug-likeness (QED) is 0.209. The summed E-state index contributed by atoms with van der Waals surface area (Å²) in [4.78, 5) is 13.4. The van der Waals surface area contributed by atoms with Crippen LogP contribution in [0.4, 0.5) is 0 Å². The van der Waals surface area contributed by atoms with Crippen molar-refractivity contribution in [3.8, 4) is 45.8 Å². The first-order chi connectivity index (χ1) is 16.6. The molecule has 1 saturated heterocycles. The molecule has 0 amide bonds. The van der Waals surface area contributed by atoms with Gasteiger partial charge in [-0.3, -0.25) is 4.79 Å². The highest BCUT2D eigenvalue weighted by Crippen LogP contribution is 2.43. The van der Waals surface area contributed by atoms with Crippen LogP contribution in [-0.2, 0) is 4.74 Å². The van der Waals surface area contributed by atoms with Crippen molar-refractivity contribution in [1.29, 1.82) is 0 Å². The highest BCUT2D eigenvalue weighted by Gasteiger charge is 2.45. The molecule has 2 aromatic carbocycles. The summed E-state index contributed by atoms with van der Waals surface area (Å²) < 4.78 is 21.6. The van der Waals surface area contributed by atoms with E-state index < -0.39 is 82.6 Å². The van der Waals surface area contributed by atoms with Gasteiger partial charge in [0, 0.05) is 17.7 Å². The molecule has 5 atom stereocenters. The van der Waals surface area contributed by atoms with Crippen LogP contribution < -0.4 is 14.9 Å². The summed E-state index contributed by atoms with van der Waals surface area (Å²) in [5.41, 5.74) is -1.35. The molecule has 2 heterocycles. The van der Waals surface area contributed by atoms with Gasteiger partial charge in [-0.15, -0.1) is 0 Å². The summed E-state index contributed by atoms with van der Waals surface area (Å²) in [6.45, 7) is -0.757. The number of hydrogen-bond donors (Lipinski definition) is 8. The van der Waals surface area contributed by atoms with Crippen LogP contribution in [0.3, 0.4) is 0 Å². The predicted molar refractivity (Wildman–Crippen MR) is 116 cm³/mol. The Hall–Kier alpha value is -3.75. The van der Waals surface area contributed by atoms with E-state index in [-0.39, 0.29) is 16.9 Å². The number of aromatic hydroxyl groups is 4. The number of benzene rings is 2. The fraction of sp³-hybridized carbons (Fsp3) is 0.318. The van der Waals surface area contributed by atoms with Crippen molar-refractivity contribution in [2.24, 2.45) is 0 Å². The van der Waals surface area contributed by atoms with E-state index >= 15 is 0 Å². The summed E-state index contributed by atoms with van der Waals surface area (Å²) in [5, 5.41) is 79.5. The zero-order valence-corrected chi connectivity index (χ0v) is 18.0. The molecule has 13 heteroatoms. The Bertz CT molecular complexity index is 1320. The maximum atomic E-state index is 13.4. The topological polar surface area (TPSA) is 220 Å². The summed E-state index contributed by atoms with van der Waals surface area (Å²) in [6.07, 6.45) is -8.53. The Balaban J connectivity index is 1.94. The second kappa shape index (κ2) is 9.13. The minimum atomic E-state index is -1.88. The molecule has 0 aliphatic carbocycles. The molecular formula is C22H22O13. The molecule has 1 aliphatic heterocycles. The molecule has 13 nitrogen and oxygen atoms in total. The van der Waals surface area contributed by atoms with Gasteiger partial charge in [0.15, 0.2) is 17.3 Å². The first-order valence-corrected chi connectivity index (χ1v) is 10.2. The third-order valence-electron chi connectivity index (χ3n) is 5.54. The largest absolute Gasteiger partial charge is 0.508 e. The number of rotatable bonds is 5. The number of aliphatic hydroxyl groups excluding tert-OH is 4. The number of aliphatic hydroxyl groups is 4. The van der Waals surface area contributed by atoms with Crippen molar-refractivity contribution in [1.82, 2.24) is 0 Å². The Morgan fingerprint density at radius 2 is 1.66 bits per heavy atom.